The molecule has 3 nitrogen and oxygen atoms in total. The van der Waals surface area contributed by atoms with Gasteiger partial charge in [-0.05, 0) is 36.2 Å². The smallest absolute Gasteiger partial charge is 0.225 e. The molecule has 1 aromatic carbocycles. The largest absolute Gasteiger partial charge is 0.345 e. The van der Waals surface area contributed by atoms with Crippen molar-refractivity contribution in [2.24, 2.45) is 5.92 Å². The van der Waals surface area contributed by atoms with Crippen LogP contribution in [0.1, 0.15) is 51.3 Å². The molecule has 0 saturated heterocycles. The van der Waals surface area contributed by atoms with Crippen LogP contribution in [0, 0.1) is 11.7 Å². The molecule has 0 atom stereocenters. The summed E-state index contributed by atoms with van der Waals surface area (Å²) >= 11 is 0. The molecule has 0 fully saturated rings. The summed E-state index contributed by atoms with van der Waals surface area (Å²) in [5.74, 6) is -0.0368. The van der Waals surface area contributed by atoms with E-state index in [1.165, 1.54) is 6.07 Å². The van der Waals surface area contributed by atoms with Gasteiger partial charge in [-0.1, -0.05) is 45.7 Å². The van der Waals surface area contributed by atoms with E-state index in [1.54, 1.807) is 12.1 Å². The van der Waals surface area contributed by atoms with Gasteiger partial charge in [0.15, 0.2) is 0 Å². The lowest BCUT2D eigenvalue weighted by molar-refractivity contribution is -0.135. The summed E-state index contributed by atoms with van der Waals surface area (Å²) in [5, 5.41) is 0. The van der Waals surface area contributed by atoms with Crippen LogP contribution in [-0.2, 0) is 17.9 Å². The van der Waals surface area contributed by atoms with Crippen LogP contribution in [0.5, 0.6) is 0 Å². The van der Waals surface area contributed by atoms with Crippen LogP contribution >= 0.6 is 0 Å². The SMILES string of the molecule is CCCCCN(Cc1cccn1Cc1cccc(F)c1)C(=O)C(C)C. The van der Waals surface area contributed by atoms with Crippen LogP contribution in [0.3, 0.4) is 0 Å². The maximum absolute atomic E-state index is 13.4. The third kappa shape index (κ3) is 5.73. The van der Waals surface area contributed by atoms with E-state index in [2.05, 4.69) is 11.5 Å². The zero-order valence-electron chi connectivity index (χ0n) is 15.5. The molecule has 0 aliphatic carbocycles. The van der Waals surface area contributed by atoms with Crippen molar-refractivity contribution in [2.75, 3.05) is 6.54 Å². The van der Waals surface area contributed by atoms with Crippen LogP contribution in [0.2, 0.25) is 0 Å². The second-order valence-electron chi connectivity index (χ2n) is 6.88. The zero-order chi connectivity index (χ0) is 18.2. The summed E-state index contributed by atoms with van der Waals surface area (Å²) in [6.07, 6.45) is 5.29. The Morgan fingerprint density at radius 3 is 2.68 bits per heavy atom. The van der Waals surface area contributed by atoms with Crippen LogP contribution in [-0.4, -0.2) is 21.9 Å². The van der Waals surface area contributed by atoms with Crippen molar-refractivity contribution in [1.29, 1.82) is 0 Å². The molecule has 136 valence electrons. The maximum atomic E-state index is 13.4. The van der Waals surface area contributed by atoms with E-state index < -0.39 is 0 Å². The summed E-state index contributed by atoms with van der Waals surface area (Å²) in [4.78, 5) is 14.5. The first-order valence-electron chi connectivity index (χ1n) is 9.18. The Balaban J connectivity index is 2.11. The van der Waals surface area contributed by atoms with Gasteiger partial charge in [-0.15, -0.1) is 0 Å². The normalized spacial score (nSPS) is 11.1. The molecular formula is C21H29FN2O. The molecular weight excluding hydrogens is 315 g/mol. The van der Waals surface area contributed by atoms with Gasteiger partial charge in [0.05, 0.1) is 6.54 Å². The average molecular weight is 344 g/mol. The number of rotatable bonds is 9. The lowest BCUT2D eigenvalue weighted by atomic mass is 10.1. The Morgan fingerprint density at radius 2 is 2.00 bits per heavy atom. The highest BCUT2D eigenvalue weighted by Crippen LogP contribution is 2.14. The molecule has 1 heterocycles. The van der Waals surface area contributed by atoms with Crippen LogP contribution in [0.4, 0.5) is 4.39 Å². The quantitative estimate of drug-likeness (QED) is 0.597. The molecule has 0 aliphatic rings. The minimum atomic E-state index is -0.220. The summed E-state index contributed by atoms with van der Waals surface area (Å²) in [7, 11) is 0. The fourth-order valence-electron chi connectivity index (χ4n) is 2.96. The average Bonchev–Trinajstić information content (AvgIpc) is 3.00. The van der Waals surface area contributed by atoms with E-state index in [1.807, 2.05) is 43.1 Å². The molecule has 1 amide bonds. The van der Waals surface area contributed by atoms with Gasteiger partial charge in [0.25, 0.3) is 0 Å². The molecule has 0 bridgehead atoms. The first-order chi connectivity index (χ1) is 12.0. The fraction of sp³-hybridized carbons (Fsp3) is 0.476. The number of carbonyl (C=O) groups is 1. The lowest BCUT2D eigenvalue weighted by Gasteiger charge is -2.25. The number of hydrogen-bond acceptors (Lipinski definition) is 1. The van der Waals surface area contributed by atoms with E-state index >= 15 is 0 Å². The van der Waals surface area contributed by atoms with Gasteiger partial charge in [-0.25, -0.2) is 4.39 Å². The number of nitrogens with zero attached hydrogens (tertiary/aromatic N) is 2. The molecule has 2 rings (SSSR count). The molecule has 0 saturated carbocycles. The van der Waals surface area contributed by atoms with Crippen molar-refractivity contribution in [3.63, 3.8) is 0 Å². The first-order valence-corrected chi connectivity index (χ1v) is 9.18. The Labute approximate surface area is 150 Å². The Hall–Kier alpha value is -2.10. The van der Waals surface area contributed by atoms with E-state index in [9.17, 15) is 9.18 Å². The monoisotopic (exact) mass is 344 g/mol. The fourth-order valence-corrected chi connectivity index (χ4v) is 2.96. The molecule has 2 aromatic rings. The Morgan fingerprint density at radius 1 is 1.20 bits per heavy atom. The standard InChI is InChI=1S/C21H29FN2O/c1-4-5-6-12-24(21(25)17(2)3)16-20-11-8-13-23(20)15-18-9-7-10-19(22)14-18/h7-11,13-14,17H,4-6,12,15-16H2,1-3H3. The minimum absolute atomic E-state index is 0.00624. The van der Waals surface area contributed by atoms with Crippen molar-refractivity contribution in [2.45, 2.75) is 53.1 Å². The van der Waals surface area contributed by atoms with Crippen molar-refractivity contribution in [3.8, 4) is 0 Å². The van der Waals surface area contributed by atoms with E-state index in [4.69, 9.17) is 0 Å². The Kier molecular flexibility index (Phi) is 7.23. The molecule has 25 heavy (non-hydrogen) atoms. The third-order valence-corrected chi connectivity index (χ3v) is 4.36. The lowest BCUT2D eigenvalue weighted by Crippen LogP contribution is -2.35. The van der Waals surface area contributed by atoms with Gasteiger partial charge in [0.1, 0.15) is 5.82 Å². The summed E-state index contributed by atoms with van der Waals surface area (Å²) in [5.41, 5.74) is 2.00. The first kappa shape index (κ1) is 19.2. The van der Waals surface area contributed by atoms with E-state index in [0.717, 1.165) is 37.1 Å². The summed E-state index contributed by atoms with van der Waals surface area (Å²) in [6.45, 7) is 8.05. The number of aromatic nitrogens is 1. The highest BCUT2D eigenvalue weighted by molar-refractivity contribution is 5.78. The second kappa shape index (κ2) is 9.40. The Bertz CT molecular complexity index is 678. The summed E-state index contributed by atoms with van der Waals surface area (Å²) < 4.78 is 15.5. The maximum Gasteiger partial charge on any atom is 0.225 e. The van der Waals surface area contributed by atoms with Crippen molar-refractivity contribution < 1.29 is 9.18 Å². The van der Waals surface area contributed by atoms with Crippen LogP contribution < -0.4 is 0 Å². The van der Waals surface area contributed by atoms with Gasteiger partial charge in [-0.3, -0.25) is 4.79 Å². The van der Waals surface area contributed by atoms with Crippen LogP contribution in [0.15, 0.2) is 42.6 Å². The highest BCUT2D eigenvalue weighted by atomic mass is 19.1. The highest BCUT2D eigenvalue weighted by Gasteiger charge is 2.18. The van der Waals surface area contributed by atoms with Gasteiger partial charge in [-0.2, -0.15) is 0 Å². The van der Waals surface area contributed by atoms with Crippen molar-refractivity contribution >= 4 is 5.91 Å². The molecule has 4 heteroatoms. The zero-order valence-corrected chi connectivity index (χ0v) is 15.5. The van der Waals surface area contributed by atoms with Gasteiger partial charge < -0.3 is 9.47 Å². The van der Waals surface area contributed by atoms with Gasteiger partial charge in [0.2, 0.25) is 5.91 Å². The van der Waals surface area contributed by atoms with E-state index in [0.29, 0.717) is 13.1 Å². The molecule has 1 aromatic heterocycles. The van der Waals surface area contributed by atoms with Gasteiger partial charge >= 0.3 is 0 Å². The number of benzene rings is 1. The molecule has 0 radical (unpaired) electrons. The molecule has 0 spiro atoms. The van der Waals surface area contributed by atoms with Gasteiger partial charge in [0, 0.05) is 30.9 Å². The summed E-state index contributed by atoms with van der Waals surface area (Å²) in [6, 6.07) is 10.7. The number of unbranched alkanes of at least 4 members (excludes halogenated alkanes) is 2. The van der Waals surface area contributed by atoms with Crippen LogP contribution in [0.25, 0.3) is 0 Å². The number of hydrogen-bond donors (Lipinski definition) is 0. The molecule has 0 N–H and O–H groups in total. The predicted octanol–water partition coefficient (Wildman–Crippen LogP) is 4.85. The van der Waals surface area contributed by atoms with Crippen molar-refractivity contribution in [1.82, 2.24) is 9.47 Å². The number of amides is 1. The topological polar surface area (TPSA) is 25.2 Å². The van der Waals surface area contributed by atoms with Crippen molar-refractivity contribution in [3.05, 3.63) is 59.7 Å². The number of halogens is 1. The predicted molar refractivity (Wildman–Crippen MR) is 99.7 cm³/mol. The second-order valence-corrected chi connectivity index (χ2v) is 6.88. The van der Waals surface area contributed by atoms with E-state index in [-0.39, 0.29) is 17.6 Å². The molecule has 0 aliphatic heterocycles. The number of carbonyl (C=O) groups excluding carboxylic acids is 1. The molecule has 0 unspecified atom stereocenters. The minimum Gasteiger partial charge on any atom is -0.345 e. The third-order valence-electron chi connectivity index (χ3n) is 4.36.